The molecule has 1 unspecified atom stereocenters. The number of ether oxygens (including phenoxy) is 2. The molecule has 1 aromatic rings. The lowest BCUT2D eigenvalue weighted by molar-refractivity contribution is 0.174. The topological polar surface area (TPSA) is 30.5 Å². The fraction of sp³-hybridized carbons (Fsp3) is 0.571. The molecule has 0 bridgehead atoms. The minimum Gasteiger partial charge on any atom is -0.454 e. The van der Waals surface area contributed by atoms with Gasteiger partial charge in [-0.05, 0) is 62.4 Å². The maximum Gasteiger partial charge on any atom is 0.231 e. The van der Waals surface area contributed by atoms with E-state index < -0.39 is 0 Å². The van der Waals surface area contributed by atoms with E-state index in [1.807, 2.05) is 0 Å². The van der Waals surface area contributed by atoms with E-state index in [0.717, 1.165) is 30.8 Å². The van der Waals surface area contributed by atoms with Crippen molar-refractivity contribution in [2.45, 2.75) is 26.2 Å². The SMILES string of the molecule is Cc1c(CC2CCCNC2)cc2c(c1Cl)OCO2. The van der Waals surface area contributed by atoms with E-state index >= 15 is 0 Å². The Morgan fingerprint density at radius 1 is 1.44 bits per heavy atom. The number of piperidine rings is 1. The van der Waals surface area contributed by atoms with Crippen LogP contribution in [0.4, 0.5) is 0 Å². The maximum atomic E-state index is 6.34. The van der Waals surface area contributed by atoms with Crippen LogP contribution in [0, 0.1) is 12.8 Å². The van der Waals surface area contributed by atoms with Gasteiger partial charge in [0.25, 0.3) is 0 Å². The van der Waals surface area contributed by atoms with Gasteiger partial charge in [0.15, 0.2) is 11.5 Å². The first kappa shape index (κ1) is 12.1. The molecule has 3 nitrogen and oxygen atoms in total. The van der Waals surface area contributed by atoms with Crippen molar-refractivity contribution in [3.8, 4) is 11.5 Å². The van der Waals surface area contributed by atoms with E-state index in [1.165, 1.54) is 18.4 Å². The first-order valence-corrected chi connectivity index (χ1v) is 6.92. The molecule has 1 saturated heterocycles. The Kier molecular flexibility index (Phi) is 3.35. The van der Waals surface area contributed by atoms with Crippen LogP contribution in [0.3, 0.4) is 0 Å². The summed E-state index contributed by atoms with van der Waals surface area (Å²) in [5.74, 6) is 2.21. The highest BCUT2D eigenvalue weighted by molar-refractivity contribution is 6.33. The van der Waals surface area contributed by atoms with Gasteiger partial charge in [0.05, 0.1) is 5.02 Å². The molecule has 1 aromatic carbocycles. The Hall–Kier alpha value is -0.930. The standard InChI is InChI=1S/C14H18ClNO2/c1-9-11(5-10-3-2-4-16-7-10)6-12-14(13(9)15)18-8-17-12/h6,10,16H,2-5,7-8H2,1H3. The summed E-state index contributed by atoms with van der Waals surface area (Å²) < 4.78 is 10.8. The summed E-state index contributed by atoms with van der Waals surface area (Å²) in [7, 11) is 0. The van der Waals surface area contributed by atoms with Crippen LogP contribution in [0.15, 0.2) is 6.07 Å². The fourth-order valence-corrected chi connectivity index (χ4v) is 3.04. The van der Waals surface area contributed by atoms with E-state index in [0.29, 0.717) is 16.7 Å². The number of nitrogens with one attached hydrogen (secondary N) is 1. The molecule has 98 valence electrons. The molecular formula is C14H18ClNO2. The van der Waals surface area contributed by atoms with Gasteiger partial charge >= 0.3 is 0 Å². The zero-order chi connectivity index (χ0) is 12.5. The van der Waals surface area contributed by atoms with Crippen molar-refractivity contribution < 1.29 is 9.47 Å². The molecule has 1 fully saturated rings. The highest BCUT2D eigenvalue weighted by atomic mass is 35.5. The lowest BCUT2D eigenvalue weighted by atomic mass is 9.90. The lowest BCUT2D eigenvalue weighted by Crippen LogP contribution is -2.31. The Bertz CT molecular complexity index is 456. The van der Waals surface area contributed by atoms with Crippen LogP contribution in [0.25, 0.3) is 0 Å². The van der Waals surface area contributed by atoms with Gasteiger partial charge in [-0.25, -0.2) is 0 Å². The Morgan fingerprint density at radius 3 is 3.11 bits per heavy atom. The van der Waals surface area contributed by atoms with Crippen molar-refractivity contribution >= 4 is 11.6 Å². The first-order chi connectivity index (χ1) is 8.75. The van der Waals surface area contributed by atoms with Crippen molar-refractivity contribution in [2.75, 3.05) is 19.9 Å². The number of hydrogen-bond acceptors (Lipinski definition) is 3. The van der Waals surface area contributed by atoms with Crippen molar-refractivity contribution in [1.29, 1.82) is 0 Å². The van der Waals surface area contributed by atoms with Crippen molar-refractivity contribution in [2.24, 2.45) is 5.92 Å². The van der Waals surface area contributed by atoms with E-state index in [1.54, 1.807) is 0 Å². The molecule has 0 aromatic heterocycles. The number of halogens is 1. The smallest absolute Gasteiger partial charge is 0.231 e. The second-order valence-electron chi connectivity index (χ2n) is 5.12. The predicted octanol–water partition coefficient (Wildman–Crippen LogP) is 2.92. The molecule has 4 heteroatoms. The van der Waals surface area contributed by atoms with Crippen LogP contribution in [-0.4, -0.2) is 19.9 Å². The zero-order valence-corrected chi connectivity index (χ0v) is 11.3. The summed E-state index contributed by atoms with van der Waals surface area (Å²) >= 11 is 6.34. The van der Waals surface area contributed by atoms with E-state index in [4.69, 9.17) is 21.1 Å². The van der Waals surface area contributed by atoms with E-state index in [9.17, 15) is 0 Å². The molecule has 0 saturated carbocycles. The summed E-state index contributed by atoms with van der Waals surface area (Å²) in [5, 5.41) is 4.16. The Balaban J connectivity index is 1.85. The van der Waals surface area contributed by atoms with E-state index in [-0.39, 0.29) is 6.79 Å². The number of benzene rings is 1. The van der Waals surface area contributed by atoms with E-state index in [2.05, 4.69) is 18.3 Å². The molecular weight excluding hydrogens is 250 g/mol. The minimum atomic E-state index is 0.281. The minimum absolute atomic E-state index is 0.281. The zero-order valence-electron chi connectivity index (χ0n) is 10.6. The number of hydrogen-bond donors (Lipinski definition) is 1. The first-order valence-electron chi connectivity index (χ1n) is 6.54. The van der Waals surface area contributed by atoms with Gasteiger partial charge in [-0.2, -0.15) is 0 Å². The summed E-state index contributed by atoms with van der Waals surface area (Å²) in [6, 6.07) is 2.10. The molecule has 0 spiro atoms. The number of fused-ring (bicyclic) bond motifs is 1. The third-order valence-electron chi connectivity index (χ3n) is 3.86. The van der Waals surface area contributed by atoms with Gasteiger partial charge in [-0.3, -0.25) is 0 Å². The third-order valence-corrected chi connectivity index (χ3v) is 4.32. The molecule has 1 atom stereocenters. The average Bonchev–Trinajstić information content (AvgIpc) is 2.85. The van der Waals surface area contributed by atoms with Gasteiger partial charge in [0.2, 0.25) is 6.79 Å². The normalized spacial score (nSPS) is 22.2. The molecule has 0 aliphatic carbocycles. The second kappa shape index (κ2) is 4.98. The molecule has 0 amide bonds. The molecule has 0 radical (unpaired) electrons. The van der Waals surface area contributed by atoms with Crippen molar-refractivity contribution in [1.82, 2.24) is 5.32 Å². The fourth-order valence-electron chi connectivity index (χ4n) is 2.77. The molecule has 2 heterocycles. The van der Waals surface area contributed by atoms with Gasteiger partial charge in [0, 0.05) is 0 Å². The molecule has 18 heavy (non-hydrogen) atoms. The van der Waals surface area contributed by atoms with Crippen LogP contribution >= 0.6 is 11.6 Å². The number of rotatable bonds is 2. The van der Waals surface area contributed by atoms with Gasteiger partial charge < -0.3 is 14.8 Å². The maximum absolute atomic E-state index is 6.34. The highest BCUT2D eigenvalue weighted by Gasteiger charge is 2.23. The van der Waals surface area contributed by atoms with Crippen molar-refractivity contribution in [3.05, 3.63) is 22.2 Å². The van der Waals surface area contributed by atoms with Crippen LogP contribution in [0.2, 0.25) is 5.02 Å². The summed E-state index contributed by atoms with van der Waals surface area (Å²) in [5.41, 5.74) is 2.42. The average molecular weight is 268 g/mol. The van der Waals surface area contributed by atoms with Crippen LogP contribution < -0.4 is 14.8 Å². The summed E-state index contributed by atoms with van der Waals surface area (Å²) in [6.45, 7) is 4.60. The Morgan fingerprint density at radius 2 is 2.33 bits per heavy atom. The van der Waals surface area contributed by atoms with Crippen molar-refractivity contribution in [3.63, 3.8) is 0 Å². The molecule has 1 N–H and O–H groups in total. The predicted molar refractivity (Wildman–Crippen MR) is 71.6 cm³/mol. The van der Waals surface area contributed by atoms with Gasteiger partial charge in [0.1, 0.15) is 0 Å². The van der Waals surface area contributed by atoms with Crippen LogP contribution in [0.1, 0.15) is 24.0 Å². The van der Waals surface area contributed by atoms with Gasteiger partial charge in [-0.15, -0.1) is 0 Å². The van der Waals surface area contributed by atoms with Crippen LogP contribution in [-0.2, 0) is 6.42 Å². The quantitative estimate of drug-likeness (QED) is 0.894. The van der Waals surface area contributed by atoms with Crippen LogP contribution in [0.5, 0.6) is 11.5 Å². The highest BCUT2D eigenvalue weighted by Crippen LogP contribution is 2.43. The summed E-state index contributed by atoms with van der Waals surface area (Å²) in [6.07, 6.45) is 3.62. The Labute approximate surface area is 112 Å². The second-order valence-corrected chi connectivity index (χ2v) is 5.50. The van der Waals surface area contributed by atoms with Gasteiger partial charge in [-0.1, -0.05) is 11.6 Å². The molecule has 2 aliphatic rings. The molecule has 2 aliphatic heterocycles. The third kappa shape index (κ3) is 2.17. The monoisotopic (exact) mass is 267 g/mol. The lowest BCUT2D eigenvalue weighted by Gasteiger charge is -2.23. The summed E-state index contributed by atoms with van der Waals surface area (Å²) in [4.78, 5) is 0. The molecule has 3 rings (SSSR count). The largest absolute Gasteiger partial charge is 0.454 e.